The van der Waals surface area contributed by atoms with Gasteiger partial charge in [0, 0.05) is 13.7 Å². The molecule has 1 aromatic carbocycles. The fraction of sp³-hybridized carbons (Fsp3) is 0.600. The van der Waals surface area contributed by atoms with Crippen LogP contribution in [-0.4, -0.2) is 45.2 Å². The number of benzene rings is 1. The van der Waals surface area contributed by atoms with E-state index in [-0.39, 0.29) is 12.7 Å². The van der Waals surface area contributed by atoms with E-state index >= 15 is 0 Å². The lowest BCUT2D eigenvalue weighted by Crippen LogP contribution is -2.44. The van der Waals surface area contributed by atoms with Crippen LogP contribution in [0.1, 0.15) is 18.9 Å². The van der Waals surface area contributed by atoms with Crippen molar-refractivity contribution in [2.45, 2.75) is 25.0 Å². The Labute approximate surface area is 115 Å². The van der Waals surface area contributed by atoms with Crippen molar-refractivity contribution in [3.05, 3.63) is 35.9 Å². The Hall–Kier alpha value is -0.940. The van der Waals surface area contributed by atoms with Gasteiger partial charge in [0.05, 0.1) is 24.9 Å². The van der Waals surface area contributed by atoms with Crippen molar-refractivity contribution >= 4 is 0 Å². The normalized spacial score (nSPS) is 16.0. The third-order valence-corrected chi connectivity index (χ3v) is 3.41. The zero-order chi connectivity index (χ0) is 14.1. The van der Waals surface area contributed by atoms with Crippen LogP contribution in [0.2, 0.25) is 0 Å². The van der Waals surface area contributed by atoms with E-state index in [2.05, 4.69) is 5.32 Å². The molecule has 4 nitrogen and oxygen atoms in total. The average molecular weight is 267 g/mol. The Kier molecular flexibility index (Phi) is 7.02. The highest BCUT2D eigenvalue weighted by Crippen LogP contribution is 2.24. The van der Waals surface area contributed by atoms with Gasteiger partial charge in [-0.1, -0.05) is 30.3 Å². The van der Waals surface area contributed by atoms with Crippen LogP contribution in [0.5, 0.6) is 0 Å². The molecule has 0 aliphatic carbocycles. The molecule has 0 aliphatic heterocycles. The first kappa shape index (κ1) is 16.1. The van der Waals surface area contributed by atoms with Gasteiger partial charge in [-0.05, 0) is 26.0 Å². The molecule has 2 N–H and O–H groups in total. The lowest BCUT2D eigenvalue weighted by atomic mass is 9.88. The molecule has 0 amide bonds. The van der Waals surface area contributed by atoms with E-state index in [4.69, 9.17) is 9.47 Å². The van der Waals surface area contributed by atoms with Gasteiger partial charge < -0.3 is 19.9 Å². The second kappa shape index (κ2) is 8.27. The lowest BCUT2D eigenvalue weighted by molar-refractivity contribution is -0.00463. The van der Waals surface area contributed by atoms with E-state index in [1.807, 2.05) is 44.3 Å². The fourth-order valence-electron chi connectivity index (χ4n) is 2.14. The van der Waals surface area contributed by atoms with Crippen molar-refractivity contribution in [2.75, 3.05) is 34.0 Å². The van der Waals surface area contributed by atoms with Crippen molar-refractivity contribution in [3.63, 3.8) is 0 Å². The van der Waals surface area contributed by atoms with Gasteiger partial charge in [0.15, 0.2) is 0 Å². The SMILES string of the molecule is CNC(CO)(CCOC(C)COC)c1ccccc1. The molecule has 108 valence electrons. The quantitative estimate of drug-likeness (QED) is 0.712. The van der Waals surface area contributed by atoms with Crippen molar-refractivity contribution in [1.82, 2.24) is 5.32 Å². The first-order valence-electron chi connectivity index (χ1n) is 6.64. The highest BCUT2D eigenvalue weighted by molar-refractivity contribution is 5.24. The Bertz CT molecular complexity index is 339. The van der Waals surface area contributed by atoms with Gasteiger partial charge in [-0.15, -0.1) is 0 Å². The van der Waals surface area contributed by atoms with Crippen molar-refractivity contribution in [3.8, 4) is 0 Å². The Morgan fingerprint density at radius 1 is 1.32 bits per heavy atom. The molecule has 0 saturated carbocycles. The van der Waals surface area contributed by atoms with Gasteiger partial charge >= 0.3 is 0 Å². The van der Waals surface area contributed by atoms with Gasteiger partial charge in [0.1, 0.15) is 0 Å². The zero-order valence-electron chi connectivity index (χ0n) is 12.1. The summed E-state index contributed by atoms with van der Waals surface area (Å²) < 4.78 is 10.7. The summed E-state index contributed by atoms with van der Waals surface area (Å²) in [6, 6.07) is 9.96. The molecule has 0 spiro atoms. The van der Waals surface area contributed by atoms with Crippen molar-refractivity contribution in [2.24, 2.45) is 0 Å². The molecule has 0 aliphatic rings. The summed E-state index contributed by atoms with van der Waals surface area (Å²) in [4.78, 5) is 0. The maximum Gasteiger partial charge on any atom is 0.0780 e. The van der Waals surface area contributed by atoms with Crippen LogP contribution >= 0.6 is 0 Å². The minimum absolute atomic E-state index is 0.0372. The number of aliphatic hydroxyl groups is 1. The van der Waals surface area contributed by atoms with Crippen LogP contribution in [0.3, 0.4) is 0 Å². The molecule has 0 fully saturated rings. The third-order valence-electron chi connectivity index (χ3n) is 3.41. The molecule has 0 radical (unpaired) electrons. The second-order valence-corrected chi connectivity index (χ2v) is 4.74. The number of rotatable bonds is 9. The number of hydrogen-bond acceptors (Lipinski definition) is 4. The maximum absolute atomic E-state index is 9.76. The van der Waals surface area contributed by atoms with E-state index in [1.165, 1.54) is 0 Å². The topological polar surface area (TPSA) is 50.7 Å². The molecule has 2 atom stereocenters. The summed E-state index contributed by atoms with van der Waals surface area (Å²) in [6.07, 6.45) is 0.770. The zero-order valence-corrected chi connectivity index (χ0v) is 12.1. The molecule has 0 saturated heterocycles. The number of ether oxygens (including phenoxy) is 2. The van der Waals surface area contributed by atoms with Gasteiger partial charge in [-0.25, -0.2) is 0 Å². The summed E-state index contributed by atoms with van der Waals surface area (Å²) in [5.41, 5.74) is 0.622. The third kappa shape index (κ3) is 4.58. The highest BCUT2D eigenvalue weighted by Gasteiger charge is 2.29. The van der Waals surface area contributed by atoms with E-state index in [9.17, 15) is 5.11 Å². The first-order chi connectivity index (χ1) is 9.18. The van der Waals surface area contributed by atoms with Gasteiger partial charge in [0.2, 0.25) is 0 Å². The molecule has 1 rings (SSSR count). The summed E-state index contributed by atoms with van der Waals surface area (Å²) in [7, 11) is 3.53. The van der Waals surface area contributed by atoms with E-state index < -0.39 is 5.54 Å². The number of aliphatic hydroxyl groups excluding tert-OH is 1. The summed E-state index contributed by atoms with van der Waals surface area (Å²) in [6.45, 7) is 3.17. The molecule has 4 heteroatoms. The lowest BCUT2D eigenvalue weighted by Gasteiger charge is -2.32. The van der Waals surface area contributed by atoms with Crippen LogP contribution in [0.15, 0.2) is 30.3 Å². The number of likely N-dealkylation sites (N-methyl/N-ethyl adjacent to an activating group) is 1. The molecule has 0 heterocycles. The van der Waals surface area contributed by atoms with Crippen LogP contribution in [0.4, 0.5) is 0 Å². The van der Waals surface area contributed by atoms with Crippen LogP contribution in [-0.2, 0) is 15.0 Å². The second-order valence-electron chi connectivity index (χ2n) is 4.74. The number of hydrogen-bond donors (Lipinski definition) is 2. The van der Waals surface area contributed by atoms with E-state index in [0.717, 1.165) is 5.56 Å². The summed E-state index contributed by atoms with van der Waals surface area (Å²) in [5, 5.41) is 13.0. The van der Waals surface area contributed by atoms with Crippen molar-refractivity contribution < 1.29 is 14.6 Å². The average Bonchev–Trinajstić information content (AvgIpc) is 2.45. The smallest absolute Gasteiger partial charge is 0.0780 e. The Balaban J connectivity index is 2.62. The van der Waals surface area contributed by atoms with Crippen LogP contribution in [0.25, 0.3) is 0 Å². The fourth-order valence-corrected chi connectivity index (χ4v) is 2.14. The van der Waals surface area contributed by atoms with Gasteiger partial charge in [0.25, 0.3) is 0 Å². The molecule has 0 bridgehead atoms. The minimum atomic E-state index is -0.450. The minimum Gasteiger partial charge on any atom is -0.394 e. The van der Waals surface area contributed by atoms with Crippen LogP contribution < -0.4 is 5.32 Å². The molecule has 19 heavy (non-hydrogen) atoms. The number of methoxy groups -OCH3 is 1. The Morgan fingerprint density at radius 2 is 2.00 bits per heavy atom. The van der Waals surface area contributed by atoms with Gasteiger partial charge in [-0.3, -0.25) is 0 Å². The van der Waals surface area contributed by atoms with Crippen LogP contribution in [0, 0.1) is 0 Å². The summed E-state index contributed by atoms with van der Waals surface area (Å²) >= 11 is 0. The molecule has 0 aromatic heterocycles. The molecule has 2 unspecified atom stereocenters. The largest absolute Gasteiger partial charge is 0.394 e. The maximum atomic E-state index is 9.76. The highest BCUT2D eigenvalue weighted by atomic mass is 16.5. The van der Waals surface area contributed by atoms with Crippen molar-refractivity contribution in [1.29, 1.82) is 0 Å². The Morgan fingerprint density at radius 3 is 2.53 bits per heavy atom. The van der Waals surface area contributed by atoms with E-state index in [0.29, 0.717) is 19.6 Å². The summed E-state index contributed by atoms with van der Waals surface area (Å²) in [5.74, 6) is 0. The predicted octanol–water partition coefficient (Wildman–Crippen LogP) is 1.54. The molecular formula is C15H25NO3. The predicted molar refractivity (Wildman–Crippen MR) is 76.2 cm³/mol. The molecule has 1 aromatic rings. The number of nitrogens with one attached hydrogen (secondary N) is 1. The van der Waals surface area contributed by atoms with E-state index in [1.54, 1.807) is 7.11 Å². The van der Waals surface area contributed by atoms with Gasteiger partial charge in [-0.2, -0.15) is 0 Å². The standard InChI is InChI=1S/C15H25NO3/c1-13(11-18-3)19-10-9-15(12-17,16-2)14-7-5-4-6-8-14/h4-8,13,16-17H,9-12H2,1-3H3. The first-order valence-corrected chi connectivity index (χ1v) is 6.64. The monoisotopic (exact) mass is 267 g/mol. The molecular weight excluding hydrogens is 242 g/mol.